The van der Waals surface area contributed by atoms with Gasteiger partial charge in [0.15, 0.2) is 6.61 Å². The molecule has 0 spiro atoms. The van der Waals surface area contributed by atoms with Gasteiger partial charge in [-0.05, 0) is 40.2 Å². The van der Waals surface area contributed by atoms with Crippen LogP contribution in [0.15, 0.2) is 53.1 Å². The van der Waals surface area contributed by atoms with Crippen molar-refractivity contribution in [3.63, 3.8) is 0 Å². The topological polar surface area (TPSA) is 42.4 Å². The number of halogens is 1. The van der Waals surface area contributed by atoms with Crippen molar-refractivity contribution in [2.45, 2.75) is 0 Å². The molecular formula is C14H13BrN2O2. The van der Waals surface area contributed by atoms with Gasteiger partial charge in [0.05, 0.1) is 0 Å². The van der Waals surface area contributed by atoms with Crippen molar-refractivity contribution in [1.29, 1.82) is 0 Å². The van der Waals surface area contributed by atoms with Crippen LogP contribution in [0.4, 0.5) is 5.82 Å². The van der Waals surface area contributed by atoms with Crippen LogP contribution in [0.2, 0.25) is 0 Å². The lowest BCUT2D eigenvalue weighted by atomic mass is 10.3. The van der Waals surface area contributed by atoms with Crippen LogP contribution in [0.3, 0.4) is 0 Å². The summed E-state index contributed by atoms with van der Waals surface area (Å²) in [4.78, 5) is 17.6. The van der Waals surface area contributed by atoms with Crippen LogP contribution in [-0.4, -0.2) is 24.5 Å². The fourth-order valence-electron chi connectivity index (χ4n) is 1.45. The van der Waals surface area contributed by atoms with Gasteiger partial charge in [-0.25, -0.2) is 4.98 Å². The number of rotatable bonds is 4. The molecule has 2 rings (SSSR count). The number of anilines is 1. The number of carbonyl (C=O) groups is 1. The van der Waals surface area contributed by atoms with Crippen LogP contribution in [0, 0.1) is 0 Å². The summed E-state index contributed by atoms with van der Waals surface area (Å²) in [6, 6.07) is 12.8. The minimum absolute atomic E-state index is 0.0156. The van der Waals surface area contributed by atoms with E-state index in [2.05, 4.69) is 20.9 Å². The fourth-order valence-corrected chi connectivity index (χ4v) is 1.69. The van der Waals surface area contributed by atoms with Crippen LogP contribution < -0.4 is 9.64 Å². The first kappa shape index (κ1) is 13.5. The molecule has 1 amide bonds. The number of hydrogen-bond acceptors (Lipinski definition) is 3. The van der Waals surface area contributed by atoms with Crippen molar-refractivity contribution in [3.8, 4) is 5.75 Å². The largest absolute Gasteiger partial charge is 0.484 e. The van der Waals surface area contributed by atoms with Gasteiger partial charge in [-0.1, -0.05) is 18.2 Å². The zero-order valence-corrected chi connectivity index (χ0v) is 12.0. The van der Waals surface area contributed by atoms with Crippen molar-refractivity contribution < 1.29 is 9.53 Å². The summed E-state index contributed by atoms with van der Waals surface area (Å²) in [6.07, 6.45) is 1.65. The second kappa shape index (κ2) is 6.33. The lowest BCUT2D eigenvalue weighted by Gasteiger charge is -2.16. The maximum Gasteiger partial charge on any atom is 0.265 e. The van der Waals surface area contributed by atoms with E-state index in [0.29, 0.717) is 11.6 Å². The maximum absolute atomic E-state index is 12.0. The molecule has 1 aromatic heterocycles. The number of aromatic nitrogens is 1. The van der Waals surface area contributed by atoms with Gasteiger partial charge >= 0.3 is 0 Å². The highest BCUT2D eigenvalue weighted by molar-refractivity contribution is 9.10. The second-order valence-electron chi connectivity index (χ2n) is 3.89. The molecule has 0 unspecified atom stereocenters. The van der Waals surface area contributed by atoms with Crippen LogP contribution >= 0.6 is 15.9 Å². The third-order valence-corrected chi connectivity index (χ3v) is 3.00. The Hall–Kier alpha value is -1.88. The highest BCUT2D eigenvalue weighted by atomic mass is 79.9. The summed E-state index contributed by atoms with van der Waals surface area (Å²) < 4.78 is 6.28. The Morgan fingerprint density at radius 2 is 2.00 bits per heavy atom. The van der Waals surface area contributed by atoms with E-state index < -0.39 is 0 Å². The second-order valence-corrected chi connectivity index (χ2v) is 4.80. The zero-order chi connectivity index (χ0) is 13.7. The highest BCUT2D eigenvalue weighted by Crippen LogP contribution is 2.14. The first-order chi connectivity index (χ1) is 9.16. The van der Waals surface area contributed by atoms with E-state index in [0.717, 1.165) is 4.47 Å². The van der Waals surface area contributed by atoms with Crippen molar-refractivity contribution in [2.24, 2.45) is 0 Å². The SMILES string of the molecule is CN(C(=O)COc1ccccc1)c1ccc(Br)cn1. The molecule has 1 heterocycles. The minimum atomic E-state index is -0.154. The predicted octanol–water partition coefficient (Wildman–Crippen LogP) is 2.89. The molecule has 0 N–H and O–H groups in total. The van der Waals surface area contributed by atoms with Crippen LogP contribution in [0.1, 0.15) is 0 Å². The summed E-state index contributed by atoms with van der Waals surface area (Å²) in [7, 11) is 1.67. The quantitative estimate of drug-likeness (QED) is 0.870. The third-order valence-electron chi connectivity index (χ3n) is 2.54. The highest BCUT2D eigenvalue weighted by Gasteiger charge is 2.12. The summed E-state index contributed by atoms with van der Waals surface area (Å²) in [6.45, 7) is -0.0156. The smallest absolute Gasteiger partial charge is 0.265 e. The third kappa shape index (κ3) is 3.79. The van der Waals surface area contributed by atoms with Gasteiger partial charge in [0, 0.05) is 17.7 Å². The molecule has 0 saturated heterocycles. The Kier molecular flexibility index (Phi) is 4.52. The average molecular weight is 321 g/mol. The predicted molar refractivity (Wildman–Crippen MR) is 77.3 cm³/mol. The number of carbonyl (C=O) groups excluding carboxylic acids is 1. The fraction of sp³-hybridized carbons (Fsp3) is 0.143. The van der Waals surface area contributed by atoms with E-state index in [9.17, 15) is 4.79 Å². The Labute approximate surface area is 120 Å². The summed E-state index contributed by atoms with van der Waals surface area (Å²) >= 11 is 3.30. The number of likely N-dealkylation sites (N-methyl/N-ethyl adjacent to an activating group) is 1. The van der Waals surface area contributed by atoms with Gasteiger partial charge in [0.1, 0.15) is 11.6 Å². The molecule has 19 heavy (non-hydrogen) atoms. The zero-order valence-electron chi connectivity index (χ0n) is 10.4. The number of benzene rings is 1. The lowest BCUT2D eigenvalue weighted by Crippen LogP contribution is -2.31. The van der Waals surface area contributed by atoms with Gasteiger partial charge in [0.2, 0.25) is 0 Å². The average Bonchev–Trinajstić information content (AvgIpc) is 2.46. The number of pyridine rings is 1. The van der Waals surface area contributed by atoms with Crippen LogP contribution in [0.25, 0.3) is 0 Å². The van der Waals surface area contributed by atoms with E-state index >= 15 is 0 Å². The molecule has 5 heteroatoms. The number of para-hydroxylation sites is 1. The molecule has 4 nitrogen and oxygen atoms in total. The Bertz CT molecular complexity index is 543. The van der Waals surface area contributed by atoms with E-state index in [1.54, 1.807) is 19.3 Å². The van der Waals surface area contributed by atoms with Crippen LogP contribution in [-0.2, 0) is 4.79 Å². The molecule has 0 saturated carbocycles. The van der Waals surface area contributed by atoms with Gasteiger partial charge in [0.25, 0.3) is 5.91 Å². The van der Waals surface area contributed by atoms with Gasteiger partial charge in [-0.15, -0.1) is 0 Å². The van der Waals surface area contributed by atoms with Crippen molar-refractivity contribution in [1.82, 2.24) is 4.98 Å². The van der Waals surface area contributed by atoms with Crippen molar-refractivity contribution in [3.05, 3.63) is 53.1 Å². The van der Waals surface area contributed by atoms with E-state index in [4.69, 9.17) is 4.74 Å². The summed E-state index contributed by atoms with van der Waals surface area (Å²) in [5.41, 5.74) is 0. The molecule has 0 atom stereocenters. The van der Waals surface area contributed by atoms with Gasteiger partial charge < -0.3 is 4.74 Å². The van der Waals surface area contributed by atoms with E-state index in [1.807, 2.05) is 36.4 Å². The van der Waals surface area contributed by atoms with Crippen molar-refractivity contribution in [2.75, 3.05) is 18.6 Å². The van der Waals surface area contributed by atoms with E-state index in [1.165, 1.54) is 4.90 Å². The van der Waals surface area contributed by atoms with Gasteiger partial charge in [-0.3, -0.25) is 9.69 Å². The molecule has 1 aromatic carbocycles. The molecule has 2 aromatic rings. The van der Waals surface area contributed by atoms with Crippen LogP contribution in [0.5, 0.6) is 5.75 Å². The Morgan fingerprint density at radius 3 is 2.63 bits per heavy atom. The summed E-state index contributed by atoms with van der Waals surface area (Å²) in [5.74, 6) is 1.11. The molecule has 0 bridgehead atoms. The molecule has 0 fully saturated rings. The number of nitrogens with zero attached hydrogens (tertiary/aromatic N) is 2. The molecule has 0 aliphatic carbocycles. The molecule has 0 aliphatic heterocycles. The monoisotopic (exact) mass is 320 g/mol. The Balaban J connectivity index is 1.94. The normalized spacial score (nSPS) is 10.0. The molecule has 0 aliphatic rings. The maximum atomic E-state index is 12.0. The molecular weight excluding hydrogens is 308 g/mol. The van der Waals surface area contributed by atoms with Crippen molar-refractivity contribution >= 4 is 27.7 Å². The standard InChI is InChI=1S/C14H13BrN2O2/c1-17(13-8-7-11(15)9-16-13)14(18)10-19-12-5-3-2-4-6-12/h2-9H,10H2,1H3. The summed E-state index contributed by atoms with van der Waals surface area (Å²) in [5, 5.41) is 0. The first-order valence-corrected chi connectivity index (χ1v) is 6.52. The minimum Gasteiger partial charge on any atom is -0.484 e. The van der Waals surface area contributed by atoms with Gasteiger partial charge in [-0.2, -0.15) is 0 Å². The Morgan fingerprint density at radius 1 is 1.26 bits per heavy atom. The first-order valence-electron chi connectivity index (χ1n) is 5.73. The molecule has 98 valence electrons. The number of ether oxygens (including phenoxy) is 1. The number of amides is 1. The lowest BCUT2D eigenvalue weighted by molar-refractivity contribution is -0.120. The van der Waals surface area contributed by atoms with E-state index in [-0.39, 0.29) is 12.5 Å². The molecule has 0 radical (unpaired) electrons. The number of hydrogen-bond donors (Lipinski definition) is 0.